The van der Waals surface area contributed by atoms with Crippen molar-refractivity contribution in [1.29, 1.82) is 0 Å². The molecule has 7 heteroatoms. The average molecular weight is 310 g/mol. The number of rotatable bonds is 6. The molecule has 0 unspecified atom stereocenters. The molecule has 7 nitrogen and oxygen atoms in total. The van der Waals surface area contributed by atoms with Crippen LogP contribution in [0.5, 0.6) is 17.2 Å². The van der Waals surface area contributed by atoms with Crippen molar-refractivity contribution in [1.82, 2.24) is 4.90 Å². The molecule has 0 aromatic heterocycles. The number of amides is 1. The summed E-state index contributed by atoms with van der Waals surface area (Å²) in [5.74, 6) is 1.34. The Hall–Kier alpha value is -1.99. The van der Waals surface area contributed by atoms with Crippen LogP contribution in [0, 0.1) is 0 Å². The van der Waals surface area contributed by atoms with Gasteiger partial charge in [0, 0.05) is 19.6 Å². The molecule has 0 aliphatic carbocycles. The summed E-state index contributed by atoms with van der Waals surface area (Å²) in [6, 6.07) is 3.80. The molecule has 1 fully saturated rings. The molecular weight excluding hydrogens is 288 g/mol. The number of nitrogens with zero attached hydrogens (tertiary/aromatic N) is 1. The molecule has 1 atom stereocenters. The zero-order chi connectivity index (χ0) is 16.1. The predicted octanol–water partition coefficient (Wildman–Crippen LogP) is 0.399. The molecule has 1 aliphatic rings. The SMILES string of the molecule is COc1cc(CN2CCO[C@H](C(N)=O)C2)cc(OC)c1OC. The van der Waals surface area contributed by atoms with Gasteiger partial charge in [-0.3, -0.25) is 9.69 Å². The molecule has 2 N–H and O–H groups in total. The number of ether oxygens (including phenoxy) is 4. The molecule has 1 aliphatic heterocycles. The zero-order valence-electron chi connectivity index (χ0n) is 13.1. The van der Waals surface area contributed by atoms with Crippen molar-refractivity contribution in [3.8, 4) is 17.2 Å². The number of benzene rings is 1. The Kier molecular flexibility index (Phi) is 5.46. The van der Waals surface area contributed by atoms with E-state index >= 15 is 0 Å². The van der Waals surface area contributed by atoms with E-state index in [1.54, 1.807) is 21.3 Å². The first kappa shape index (κ1) is 16.4. The van der Waals surface area contributed by atoms with Crippen molar-refractivity contribution in [3.05, 3.63) is 17.7 Å². The number of nitrogens with two attached hydrogens (primary N) is 1. The molecule has 1 saturated heterocycles. The highest BCUT2D eigenvalue weighted by Crippen LogP contribution is 2.38. The summed E-state index contributed by atoms with van der Waals surface area (Å²) in [6.45, 7) is 2.34. The molecule has 2 rings (SSSR count). The van der Waals surface area contributed by atoms with Gasteiger partial charge in [-0.25, -0.2) is 0 Å². The van der Waals surface area contributed by atoms with Gasteiger partial charge in [-0.1, -0.05) is 0 Å². The third-order valence-electron chi connectivity index (χ3n) is 3.60. The quantitative estimate of drug-likeness (QED) is 0.819. The van der Waals surface area contributed by atoms with Gasteiger partial charge in [0.05, 0.1) is 27.9 Å². The minimum absolute atomic E-state index is 0.436. The average Bonchev–Trinajstić information content (AvgIpc) is 2.54. The van der Waals surface area contributed by atoms with Crippen LogP contribution in [-0.4, -0.2) is 57.9 Å². The number of hydrogen-bond donors (Lipinski definition) is 1. The van der Waals surface area contributed by atoms with Crippen molar-refractivity contribution in [2.45, 2.75) is 12.6 Å². The van der Waals surface area contributed by atoms with Gasteiger partial charge in [0.1, 0.15) is 6.10 Å². The van der Waals surface area contributed by atoms with Crippen LogP contribution >= 0.6 is 0 Å². The van der Waals surface area contributed by atoms with E-state index in [-0.39, 0.29) is 0 Å². The smallest absolute Gasteiger partial charge is 0.247 e. The van der Waals surface area contributed by atoms with Gasteiger partial charge in [0.2, 0.25) is 11.7 Å². The lowest BCUT2D eigenvalue weighted by atomic mass is 10.1. The van der Waals surface area contributed by atoms with Gasteiger partial charge in [-0.15, -0.1) is 0 Å². The third kappa shape index (κ3) is 3.61. The third-order valence-corrected chi connectivity index (χ3v) is 3.60. The van der Waals surface area contributed by atoms with Crippen LogP contribution in [0.4, 0.5) is 0 Å². The van der Waals surface area contributed by atoms with Crippen LogP contribution in [0.3, 0.4) is 0 Å². The van der Waals surface area contributed by atoms with Gasteiger partial charge in [0.15, 0.2) is 11.5 Å². The Morgan fingerprint density at radius 2 is 1.91 bits per heavy atom. The largest absolute Gasteiger partial charge is 0.493 e. The number of methoxy groups -OCH3 is 3. The molecule has 1 aromatic rings. The second-order valence-corrected chi connectivity index (χ2v) is 5.03. The number of morpholine rings is 1. The topological polar surface area (TPSA) is 83.2 Å². The van der Waals surface area contributed by atoms with Crippen LogP contribution < -0.4 is 19.9 Å². The van der Waals surface area contributed by atoms with Crippen LogP contribution in [0.15, 0.2) is 12.1 Å². The highest BCUT2D eigenvalue weighted by Gasteiger charge is 2.25. The van der Waals surface area contributed by atoms with E-state index in [0.717, 1.165) is 12.1 Å². The summed E-state index contributed by atoms with van der Waals surface area (Å²) < 4.78 is 21.3. The number of carbonyl (C=O) groups is 1. The summed E-state index contributed by atoms with van der Waals surface area (Å²) in [5.41, 5.74) is 6.30. The van der Waals surface area contributed by atoms with Crippen LogP contribution in [0.25, 0.3) is 0 Å². The number of carbonyl (C=O) groups excluding carboxylic acids is 1. The lowest BCUT2D eigenvalue weighted by Crippen LogP contribution is -2.47. The van der Waals surface area contributed by atoms with E-state index in [1.807, 2.05) is 12.1 Å². The standard InChI is InChI=1S/C15H22N2O5/c1-19-11-6-10(7-12(20-2)14(11)21-3)8-17-4-5-22-13(9-17)15(16)18/h6-7,13H,4-5,8-9H2,1-3H3,(H2,16,18)/t13-/m0/s1. The van der Waals surface area contributed by atoms with Gasteiger partial charge < -0.3 is 24.7 Å². The van der Waals surface area contributed by atoms with E-state index in [0.29, 0.717) is 36.9 Å². The maximum absolute atomic E-state index is 11.3. The Bertz CT molecular complexity index is 510. The minimum Gasteiger partial charge on any atom is -0.493 e. The lowest BCUT2D eigenvalue weighted by molar-refractivity contribution is -0.135. The molecule has 0 bridgehead atoms. The molecule has 1 aromatic carbocycles. The lowest BCUT2D eigenvalue weighted by Gasteiger charge is -2.31. The maximum atomic E-state index is 11.3. The fourth-order valence-corrected chi connectivity index (χ4v) is 2.50. The van der Waals surface area contributed by atoms with Crippen LogP contribution in [0.1, 0.15) is 5.56 Å². The molecule has 0 spiro atoms. The molecule has 0 radical (unpaired) electrons. The van der Waals surface area contributed by atoms with Crippen molar-refractivity contribution >= 4 is 5.91 Å². The second-order valence-electron chi connectivity index (χ2n) is 5.03. The molecule has 22 heavy (non-hydrogen) atoms. The molecule has 1 amide bonds. The highest BCUT2D eigenvalue weighted by atomic mass is 16.5. The van der Waals surface area contributed by atoms with Crippen molar-refractivity contribution in [3.63, 3.8) is 0 Å². The highest BCUT2D eigenvalue weighted by molar-refractivity contribution is 5.79. The first-order valence-electron chi connectivity index (χ1n) is 7.01. The van der Waals surface area contributed by atoms with Gasteiger partial charge in [-0.2, -0.15) is 0 Å². The van der Waals surface area contributed by atoms with Crippen LogP contribution in [-0.2, 0) is 16.1 Å². The van der Waals surface area contributed by atoms with Crippen molar-refractivity contribution in [2.24, 2.45) is 5.73 Å². The molecular formula is C15H22N2O5. The van der Waals surface area contributed by atoms with Gasteiger partial charge in [0.25, 0.3) is 0 Å². The van der Waals surface area contributed by atoms with E-state index in [1.165, 1.54) is 0 Å². The fourth-order valence-electron chi connectivity index (χ4n) is 2.50. The summed E-state index contributed by atoms with van der Waals surface area (Å²) in [5, 5.41) is 0. The Morgan fingerprint density at radius 1 is 1.27 bits per heavy atom. The number of hydrogen-bond acceptors (Lipinski definition) is 6. The monoisotopic (exact) mass is 310 g/mol. The number of primary amides is 1. The predicted molar refractivity (Wildman–Crippen MR) is 80.3 cm³/mol. The summed E-state index contributed by atoms with van der Waals surface area (Å²) >= 11 is 0. The summed E-state index contributed by atoms with van der Waals surface area (Å²) in [6.07, 6.45) is -0.559. The molecule has 1 heterocycles. The first-order chi connectivity index (χ1) is 10.6. The fraction of sp³-hybridized carbons (Fsp3) is 0.533. The normalized spacial score (nSPS) is 18.8. The van der Waals surface area contributed by atoms with E-state index in [9.17, 15) is 4.79 Å². The Balaban J connectivity index is 2.17. The molecule has 0 saturated carbocycles. The van der Waals surface area contributed by atoms with E-state index in [4.69, 9.17) is 24.7 Å². The summed E-state index contributed by atoms with van der Waals surface area (Å²) in [4.78, 5) is 13.4. The Labute approximate surface area is 129 Å². The summed E-state index contributed by atoms with van der Waals surface area (Å²) in [7, 11) is 4.73. The maximum Gasteiger partial charge on any atom is 0.247 e. The van der Waals surface area contributed by atoms with E-state index < -0.39 is 12.0 Å². The molecule has 122 valence electrons. The minimum atomic E-state index is -0.559. The zero-order valence-corrected chi connectivity index (χ0v) is 13.1. The first-order valence-corrected chi connectivity index (χ1v) is 7.01. The Morgan fingerprint density at radius 3 is 2.41 bits per heavy atom. The van der Waals surface area contributed by atoms with Gasteiger partial charge >= 0.3 is 0 Å². The van der Waals surface area contributed by atoms with Crippen LogP contribution in [0.2, 0.25) is 0 Å². The van der Waals surface area contributed by atoms with Crippen molar-refractivity contribution in [2.75, 3.05) is 41.0 Å². The van der Waals surface area contributed by atoms with Crippen molar-refractivity contribution < 1.29 is 23.7 Å². The second kappa shape index (κ2) is 7.33. The van der Waals surface area contributed by atoms with E-state index in [2.05, 4.69) is 4.90 Å². The van der Waals surface area contributed by atoms with Gasteiger partial charge in [-0.05, 0) is 17.7 Å².